The molecule has 39 heavy (non-hydrogen) atoms. The molecular formula is C34H22N4O. The van der Waals surface area contributed by atoms with E-state index >= 15 is 0 Å². The van der Waals surface area contributed by atoms with Crippen LogP contribution < -0.4 is 9.64 Å². The number of methoxy groups -OCH3 is 1. The van der Waals surface area contributed by atoms with Crippen molar-refractivity contribution in [3.8, 4) is 11.8 Å². The summed E-state index contributed by atoms with van der Waals surface area (Å²) in [4.78, 5) is 9.27. The van der Waals surface area contributed by atoms with E-state index in [0.717, 1.165) is 39.1 Å². The standard InChI is InChI=1S/C34H22N4O/c1-36-32-21-25(23-35)22-33(37-2)31(32)20-13-24-11-14-27(15-12-24)38(28-16-18-29(39-3)19-17-28)34-10-6-8-26-7-4-5-9-30(26)34/h4-22H,3H3. The first kappa shape index (κ1) is 24.8. The molecule has 184 valence electrons. The van der Waals surface area contributed by atoms with Crippen LogP contribution in [0.15, 0.2) is 103 Å². The van der Waals surface area contributed by atoms with Crippen LogP contribution in [0.1, 0.15) is 16.7 Å². The Bertz CT molecular complexity index is 1780. The highest BCUT2D eigenvalue weighted by Crippen LogP contribution is 2.39. The van der Waals surface area contributed by atoms with Gasteiger partial charge in [0.05, 0.1) is 32.0 Å². The lowest BCUT2D eigenvalue weighted by molar-refractivity contribution is 0.415. The van der Waals surface area contributed by atoms with Crippen LogP contribution in [0, 0.1) is 24.5 Å². The van der Waals surface area contributed by atoms with E-state index in [1.807, 2.05) is 60.7 Å². The molecule has 0 heterocycles. The molecule has 0 aliphatic carbocycles. The van der Waals surface area contributed by atoms with E-state index in [0.29, 0.717) is 11.1 Å². The Morgan fingerprint density at radius 2 is 1.38 bits per heavy atom. The Morgan fingerprint density at radius 1 is 0.769 bits per heavy atom. The van der Waals surface area contributed by atoms with Crippen LogP contribution in [0.3, 0.4) is 0 Å². The zero-order valence-corrected chi connectivity index (χ0v) is 21.2. The van der Waals surface area contributed by atoms with Gasteiger partial charge in [0.25, 0.3) is 0 Å². The summed E-state index contributed by atoms with van der Waals surface area (Å²) < 4.78 is 5.38. The Morgan fingerprint density at radius 3 is 2.00 bits per heavy atom. The molecule has 0 fully saturated rings. The first-order chi connectivity index (χ1) is 19.1. The summed E-state index contributed by atoms with van der Waals surface area (Å²) >= 11 is 0. The first-order valence-electron chi connectivity index (χ1n) is 12.2. The van der Waals surface area contributed by atoms with E-state index in [-0.39, 0.29) is 11.4 Å². The maximum atomic E-state index is 9.21. The minimum Gasteiger partial charge on any atom is -0.497 e. The molecule has 0 N–H and O–H groups in total. The van der Waals surface area contributed by atoms with Crippen molar-refractivity contribution in [1.82, 2.24) is 0 Å². The summed E-state index contributed by atoms with van der Waals surface area (Å²) in [7, 11) is 1.66. The van der Waals surface area contributed by atoms with Crippen LogP contribution in [0.25, 0.3) is 32.6 Å². The molecule has 0 amide bonds. The molecule has 0 spiro atoms. The van der Waals surface area contributed by atoms with Gasteiger partial charge in [-0.2, -0.15) is 5.26 Å². The Labute approximate surface area is 227 Å². The van der Waals surface area contributed by atoms with Gasteiger partial charge >= 0.3 is 0 Å². The van der Waals surface area contributed by atoms with Gasteiger partial charge in [-0.3, -0.25) is 0 Å². The molecule has 5 aromatic carbocycles. The Hall–Kier alpha value is -5.83. The van der Waals surface area contributed by atoms with E-state index in [1.165, 1.54) is 12.1 Å². The predicted molar refractivity (Wildman–Crippen MR) is 158 cm³/mol. The lowest BCUT2D eigenvalue weighted by Gasteiger charge is -2.27. The van der Waals surface area contributed by atoms with Crippen molar-refractivity contribution in [3.05, 3.63) is 143 Å². The fourth-order valence-electron chi connectivity index (χ4n) is 4.52. The number of benzene rings is 5. The average Bonchev–Trinajstić information content (AvgIpc) is 3.00. The van der Waals surface area contributed by atoms with Crippen LogP contribution in [0.5, 0.6) is 5.75 Å². The fourth-order valence-corrected chi connectivity index (χ4v) is 4.52. The van der Waals surface area contributed by atoms with E-state index in [2.05, 4.69) is 57.1 Å². The molecule has 0 bridgehead atoms. The quantitative estimate of drug-likeness (QED) is 0.172. The Kier molecular flexibility index (Phi) is 7.04. The largest absolute Gasteiger partial charge is 0.497 e. The van der Waals surface area contributed by atoms with Gasteiger partial charge in [0.15, 0.2) is 11.4 Å². The second-order valence-electron chi connectivity index (χ2n) is 8.72. The number of hydrogen-bond acceptors (Lipinski definition) is 3. The van der Waals surface area contributed by atoms with E-state index < -0.39 is 0 Å². The number of nitriles is 1. The molecule has 0 saturated heterocycles. The van der Waals surface area contributed by atoms with Crippen molar-refractivity contribution < 1.29 is 4.74 Å². The molecule has 5 nitrogen and oxygen atoms in total. The number of nitrogens with zero attached hydrogens (tertiary/aromatic N) is 4. The molecule has 0 aromatic heterocycles. The highest BCUT2D eigenvalue weighted by molar-refractivity contribution is 5.99. The normalized spacial score (nSPS) is 10.5. The molecule has 5 heteroatoms. The lowest BCUT2D eigenvalue weighted by Crippen LogP contribution is -2.10. The summed E-state index contributed by atoms with van der Waals surface area (Å²) in [5.41, 5.74) is 5.35. The number of fused-ring (bicyclic) bond motifs is 1. The molecule has 0 aliphatic rings. The van der Waals surface area contributed by atoms with Gasteiger partial charge < -0.3 is 9.64 Å². The van der Waals surface area contributed by atoms with Crippen LogP contribution in [-0.2, 0) is 0 Å². The molecule has 0 saturated carbocycles. The van der Waals surface area contributed by atoms with Crippen LogP contribution in [0.4, 0.5) is 28.4 Å². The second kappa shape index (κ2) is 11.1. The van der Waals surface area contributed by atoms with Gasteiger partial charge in [-0.25, -0.2) is 9.69 Å². The van der Waals surface area contributed by atoms with Crippen molar-refractivity contribution in [2.45, 2.75) is 0 Å². The van der Waals surface area contributed by atoms with Crippen LogP contribution in [-0.4, -0.2) is 7.11 Å². The van der Waals surface area contributed by atoms with E-state index in [9.17, 15) is 5.26 Å². The third-order valence-corrected chi connectivity index (χ3v) is 6.44. The summed E-state index contributed by atoms with van der Waals surface area (Å²) in [5.74, 6) is 0.789. The highest BCUT2D eigenvalue weighted by atomic mass is 16.5. The van der Waals surface area contributed by atoms with Crippen LogP contribution in [0.2, 0.25) is 0 Å². The molecule has 0 unspecified atom stereocenters. The third-order valence-electron chi connectivity index (χ3n) is 6.44. The molecule has 5 aromatic rings. The van der Waals surface area contributed by atoms with Crippen molar-refractivity contribution in [1.29, 1.82) is 5.26 Å². The van der Waals surface area contributed by atoms with E-state index in [1.54, 1.807) is 13.2 Å². The van der Waals surface area contributed by atoms with Crippen molar-refractivity contribution >= 4 is 51.4 Å². The monoisotopic (exact) mass is 502 g/mol. The Balaban J connectivity index is 1.55. The maximum Gasteiger partial charge on any atom is 0.185 e. The SMILES string of the molecule is [C-]#[N+]c1cc(C#N)cc([N+]#[C-])c1C=Cc1ccc(N(c2ccc(OC)cc2)c2cccc3ccccc23)cc1. The highest BCUT2D eigenvalue weighted by Gasteiger charge is 2.15. The topological polar surface area (TPSA) is 45.0 Å². The zero-order valence-electron chi connectivity index (χ0n) is 21.2. The predicted octanol–water partition coefficient (Wildman–Crippen LogP) is 9.46. The van der Waals surface area contributed by atoms with Crippen LogP contribution >= 0.6 is 0 Å². The van der Waals surface area contributed by atoms with Gasteiger partial charge in [-0.1, -0.05) is 60.7 Å². The molecule has 0 radical (unpaired) electrons. The smallest absolute Gasteiger partial charge is 0.185 e. The third kappa shape index (κ3) is 5.05. The maximum absolute atomic E-state index is 9.21. The van der Waals surface area contributed by atoms with Gasteiger partial charge in [0.2, 0.25) is 0 Å². The lowest BCUT2D eigenvalue weighted by atomic mass is 10.0. The number of hydrogen-bond donors (Lipinski definition) is 0. The number of anilines is 3. The summed E-state index contributed by atoms with van der Waals surface area (Å²) in [6.07, 6.45) is 3.65. The van der Waals surface area contributed by atoms with E-state index in [4.69, 9.17) is 17.9 Å². The summed E-state index contributed by atoms with van der Waals surface area (Å²) in [6.45, 7) is 15.0. The number of ether oxygens (including phenoxy) is 1. The molecular weight excluding hydrogens is 480 g/mol. The summed E-state index contributed by atoms with van der Waals surface area (Å²) in [6, 6.07) is 35.7. The minimum absolute atomic E-state index is 0.287. The van der Waals surface area contributed by atoms with Gasteiger partial charge in [-0.15, -0.1) is 0 Å². The minimum atomic E-state index is 0.287. The van der Waals surface area contributed by atoms with Gasteiger partial charge in [0, 0.05) is 22.3 Å². The number of rotatable bonds is 6. The summed E-state index contributed by atoms with van der Waals surface area (Å²) in [5, 5.41) is 11.5. The van der Waals surface area contributed by atoms with Crippen molar-refractivity contribution in [2.24, 2.45) is 0 Å². The van der Waals surface area contributed by atoms with Gasteiger partial charge in [0.1, 0.15) is 5.75 Å². The zero-order chi connectivity index (χ0) is 27.2. The second-order valence-corrected chi connectivity index (χ2v) is 8.72. The van der Waals surface area contributed by atoms with Gasteiger partial charge in [-0.05, 0) is 71.1 Å². The molecule has 0 aliphatic heterocycles. The van der Waals surface area contributed by atoms with Crippen molar-refractivity contribution in [3.63, 3.8) is 0 Å². The average molecular weight is 503 g/mol. The fraction of sp³-hybridized carbons (Fsp3) is 0.0294. The van der Waals surface area contributed by atoms with Crippen molar-refractivity contribution in [2.75, 3.05) is 12.0 Å². The molecule has 5 rings (SSSR count). The molecule has 0 atom stereocenters. The first-order valence-corrected chi connectivity index (χ1v) is 12.2.